The number of hydroxylamine groups is 1. The summed E-state index contributed by atoms with van der Waals surface area (Å²) in [5.41, 5.74) is 1.68. The van der Waals surface area contributed by atoms with Crippen molar-refractivity contribution in [3.05, 3.63) is 24.3 Å². The number of likely N-dealkylation sites (tertiary alicyclic amines) is 1. The fourth-order valence-corrected chi connectivity index (χ4v) is 6.82. The van der Waals surface area contributed by atoms with Crippen LogP contribution in [0, 0.1) is 5.92 Å². The zero-order chi connectivity index (χ0) is 25.4. The molecule has 2 fully saturated rings. The number of carbonyl (C=O) groups excluding carboxylic acids is 2. The van der Waals surface area contributed by atoms with Crippen molar-refractivity contribution in [3.8, 4) is 5.75 Å². The van der Waals surface area contributed by atoms with Gasteiger partial charge >= 0.3 is 0 Å². The van der Waals surface area contributed by atoms with Gasteiger partial charge in [0, 0.05) is 32.1 Å². The summed E-state index contributed by atoms with van der Waals surface area (Å²) in [5.74, 6) is -0.643. The monoisotopic (exact) mass is 582 g/mol. The minimum absolute atomic E-state index is 0. The molecule has 1 heterocycles. The van der Waals surface area contributed by atoms with Crippen molar-refractivity contribution in [2.75, 3.05) is 33.8 Å². The van der Waals surface area contributed by atoms with E-state index >= 15 is 0 Å². The third-order valence-electron chi connectivity index (χ3n) is 7.25. The molecular formula is C24H43ClN4O8S. The topological polar surface area (TPSA) is 191 Å². The molecule has 0 radical (unpaired) electrons. The number of rotatable bonds is 10. The van der Waals surface area contributed by atoms with Crippen molar-refractivity contribution in [1.82, 2.24) is 20.0 Å². The Balaban J connectivity index is 0.00000456. The highest BCUT2D eigenvalue weighted by molar-refractivity contribution is 7.89. The van der Waals surface area contributed by atoms with Crippen LogP contribution < -0.4 is 15.5 Å². The summed E-state index contributed by atoms with van der Waals surface area (Å²) in [6.45, 7) is 1.07. The Bertz CT molecular complexity index is 953. The lowest BCUT2D eigenvalue weighted by Gasteiger charge is -2.37. The smallest absolute Gasteiger partial charge is 0.262 e. The molecule has 3 rings (SSSR count). The third-order valence-corrected chi connectivity index (χ3v) is 9.15. The molecule has 1 aromatic rings. The molecule has 220 valence electrons. The van der Waals surface area contributed by atoms with Gasteiger partial charge in [-0.3, -0.25) is 14.8 Å². The van der Waals surface area contributed by atoms with Crippen LogP contribution in [0.2, 0.25) is 0 Å². The highest BCUT2D eigenvalue weighted by Gasteiger charge is 2.41. The van der Waals surface area contributed by atoms with E-state index < -0.39 is 22.0 Å². The summed E-state index contributed by atoms with van der Waals surface area (Å²) in [5, 5.41) is 12.7. The Morgan fingerprint density at radius 1 is 1.08 bits per heavy atom. The van der Waals surface area contributed by atoms with Crippen LogP contribution in [0.3, 0.4) is 0 Å². The van der Waals surface area contributed by atoms with E-state index in [1.165, 1.54) is 19.2 Å². The molecule has 1 aliphatic carbocycles. The number of nitrogens with one attached hydrogen (secondary N) is 2. The normalized spacial score (nSPS) is 17.4. The minimum atomic E-state index is -4.14. The van der Waals surface area contributed by atoms with Gasteiger partial charge in [0.15, 0.2) is 0 Å². The van der Waals surface area contributed by atoms with Crippen molar-refractivity contribution < 1.29 is 38.9 Å². The second-order valence-electron chi connectivity index (χ2n) is 9.30. The maximum Gasteiger partial charge on any atom is 0.262 e. The van der Waals surface area contributed by atoms with E-state index in [1.807, 2.05) is 7.05 Å². The molecule has 1 saturated carbocycles. The molecule has 1 aliphatic heterocycles. The van der Waals surface area contributed by atoms with E-state index in [1.54, 1.807) is 22.5 Å². The largest absolute Gasteiger partial charge is 0.497 e. The Morgan fingerprint density at radius 3 is 2.16 bits per heavy atom. The van der Waals surface area contributed by atoms with Gasteiger partial charge in [0.2, 0.25) is 15.9 Å². The van der Waals surface area contributed by atoms with Gasteiger partial charge in [0.05, 0.1) is 12.0 Å². The predicted molar refractivity (Wildman–Crippen MR) is 145 cm³/mol. The summed E-state index contributed by atoms with van der Waals surface area (Å²) >= 11 is 0. The van der Waals surface area contributed by atoms with Gasteiger partial charge < -0.3 is 25.9 Å². The first-order chi connectivity index (χ1) is 16.8. The van der Waals surface area contributed by atoms with Crippen molar-refractivity contribution >= 4 is 34.2 Å². The molecule has 0 aromatic heterocycles. The number of ether oxygens (including phenoxy) is 1. The quantitative estimate of drug-likeness (QED) is 0.264. The Morgan fingerprint density at radius 2 is 1.66 bits per heavy atom. The molecule has 0 bridgehead atoms. The van der Waals surface area contributed by atoms with Gasteiger partial charge in [-0.05, 0) is 62.9 Å². The second kappa shape index (κ2) is 16.9. The van der Waals surface area contributed by atoms with E-state index in [2.05, 4.69) is 5.32 Å². The van der Waals surface area contributed by atoms with E-state index in [0.29, 0.717) is 37.7 Å². The number of carbonyl (C=O) groups is 2. The number of hydrogen-bond acceptors (Lipinski definition) is 7. The summed E-state index contributed by atoms with van der Waals surface area (Å²) < 4.78 is 33.9. The molecule has 14 heteroatoms. The van der Waals surface area contributed by atoms with Gasteiger partial charge in [0.25, 0.3) is 5.91 Å². The number of piperidine rings is 1. The average Bonchev–Trinajstić information content (AvgIpc) is 2.90. The van der Waals surface area contributed by atoms with Crippen LogP contribution in [0.4, 0.5) is 0 Å². The number of amides is 2. The van der Waals surface area contributed by atoms with Crippen LogP contribution in [-0.2, 0) is 19.6 Å². The van der Waals surface area contributed by atoms with Gasteiger partial charge in [-0.25, -0.2) is 13.9 Å². The lowest BCUT2D eigenvalue weighted by atomic mass is 9.83. The number of nitrogens with zero attached hydrogens (tertiary/aromatic N) is 2. The lowest BCUT2D eigenvalue weighted by molar-refractivity contribution is -0.137. The molecule has 0 spiro atoms. The Kier molecular flexibility index (Phi) is 16.0. The first kappa shape index (κ1) is 36.0. The maximum absolute atomic E-state index is 13.8. The average molecular weight is 583 g/mol. The van der Waals surface area contributed by atoms with Crippen LogP contribution in [0.15, 0.2) is 29.2 Å². The molecule has 38 heavy (non-hydrogen) atoms. The van der Waals surface area contributed by atoms with E-state index in [0.717, 1.165) is 36.4 Å². The number of hydrogen-bond donors (Lipinski definition) is 3. The number of benzene rings is 1. The molecular weight excluding hydrogens is 540 g/mol. The zero-order valence-electron chi connectivity index (χ0n) is 22.0. The lowest BCUT2D eigenvalue weighted by Crippen LogP contribution is -2.54. The van der Waals surface area contributed by atoms with Gasteiger partial charge in [-0.15, -0.1) is 12.4 Å². The number of methoxy groups -OCH3 is 1. The van der Waals surface area contributed by atoms with E-state index in [9.17, 15) is 23.2 Å². The number of halogens is 1. The van der Waals surface area contributed by atoms with Crippen LogP contribution in [0.25, 0.3) is 0 Å². The van der Waals surface area contributed by atoms with E-state index in [4.69, 9.17) is 4.74 Å². The van der Waals surface area contributed by atoms with Crippen molar-refractivity contribution in [3.63, 3.8) is 0 Å². The third kappa shape index (κ3) is 8.76. The molecule has 2 amide bonds. The van der Waals surface area contributed by atoms with E-state index in [-0.39, 0.29) is 53.0 Å². The van der Waals surface area contributed by atoms with Crippen molar-refractivity contribution in [1.29, 1.82) is 0 Å². The summed E-state index contributed by atoms with van der Waals surface area (Å²) in [7, 11) is -0.748. The maximum atomic E-state index is 13.8. The van der Waals surface area contributed by atoms with Crippen LogP contribution in [-0.4, -0.2) is 91.5 Å². The molecule has 1 atom stereocenters. The fraction of sp³-hybridized carbons (Fsp3) is 0.667. The SMILES string of the molecule is CNC1CCN(C(=O)CCN(C(C(=O)NO)C2CCCCC2)S(=O)(=O)c2ccc(OC)cc2)CC1.Cl.O.O. The standard InChI is InChI=1S/C24H38N4O6S.ClH.2H2O/c1-25-19-12-15-27(16-13-19)22(29)14-17-28(23(24(30)26-31)18-6-4-3-5-7-18)35(32,33)21-10-8-20(34-2)9-11-21;;;/h8-11,18-19,23,25,31H,3-7,12-17H2,1-2H3,(H,26,30);1H;2*1H2. The van der Waals surface area contributed by atoms with Crippen LogP contribution in [0.5, 0.6) is 5.75 Å². The van der Waals surface area contributed by atoms with Crippen LogP contribution in [0.1, 0.15) is 51.4 Å². The molecule has 7 N–H and O–H groups in total. The van der Waals surface area contributed by atoms with Gasteiger partial charge in [0.1, 0.15) is 11.8 Å². The molecule has 1 aromatic carbocycles. The summed E-state index contributed by atoms with van der Waals surface area (Å²) in [6.07, 6.45) is 5.79. The highest BCUT2D eigenvalue weighted by Crippen LogP contribution is 2.32. The highest BCUT2D eigenvalue weighted by atomic mass is 35.5. The van der Waals surface area contributed by atoms with Crippen LogP contribution >= 0.6 is 12.4 Å². The molecule has 2 aliphatic rings. The first-order valence-corrected chi connectivity index (χ1v) is 13.8. The van der Waals surface area contributed by atoms with Gasteiger partial charge in [-0.1, -0.05) is 19.3 Å². The Hall–Kier alpha value is -2.00. The molecule has 1 unspecified atom stereocenters. The molecule has 12 nitrogen and oxygen atoms in total. The molecule has 1 saturated heterocycles. The summed E-state index contributed by atoms with van der Waals surface area (Å²) in [4.78, 5) is 27.6. The second-order valence-corrected chi connectivity index (χ2v) is 11.2. The predicted octanol–water partition coefficient (Wildman–Crippen LogP) is 0.513. The zero-order valence-corrected chi connectivity index (χ0v) is 23.7. The van der Waals surface area contributed by atoms with Crippen molar-refractivity contribution in [2.45, 2.75) is 68.3 Å². The minimum Gasteiger partial charge on any atom is -0.497 e. The van der Waals surface area contributed by atoms with Crippen molar-refractivity contribution in [2.24, 2.45) is 5.92 Å². The summed E-state index contributed by atoms with van der Waals surface area (Å²) in [6, 6.07) is 5.22. The van der Waals surface area contributed by atoms with Gasteiger partial charge in [-0.2, -0.15) is 4.31 Å². The first-order valence-electron chi connectivity index (χ1n) is 12.4. The number of sulfonamides is 1. The Labute approximate surface area is 231 Å². The fourth-order valence-electron chi connectivity index (χ4n) is 5.17.